The van der Waals surface area contributed by atoms with Gasteiger partial charge in [0.25, 0.3) is 5.91 Å². The van der Waals surface area contributed by atoms with Crippen LogP contribution in [0.1, 0.15) is 47.3 Å². The number of fused-ring (bicyclic) bond motifs is 3. The van der Waals surface area contributed by atoms with Crippen molar-refractivity contribution in [1.82, 2.24) is 15.2 Å². The van der Waals surface area contributed by atoms with E-state index in [0.29, 0.717) is 18.7 Å². The van der Waals surface area contributed by atoms with Crippen molar-refractivity contribution in [3.05, 3.63) is 35.0 Å². The molecule has 0 radical (unpaired) electrons. The summed E-state index contributed by atoms with van der Waals surface area (Å²) in [6.07, 6.45) is 6.57. The molecule has 1 aliphatic heterocycles. The zero-order valence-corrected chi connectivity index (χ0v) is 15.7. The predicted molar refractivity (Wildman–Crippen MR) is 106 cm³/mol. The molecule has 6 heteroatoms. The molecule has 0 bridgehead atoms. The number of nitrogens with two attached hydrogens (primary N) is 1. The number of carbonyl (C=O) groups excluding carboxylic acids is 2. The Bertz CT molecular complexity index is 857. The molecular weight excluding hydrogens is 340 g/mol. The van der Waals surface area contributed by atoms with Gasteiger partial charge in [0.15, 0.2) is 0 Å². The largest absolute Gasteiger partial charge is 0.369 e. The second kappa shape index (κ2) is 7.72. The van der Waals surface area contributed by atoms with Gasteiger partial charge in [-0.25, -0.2) is 0 Å². The van der Waals surface area contributed by atoms with Gasteiger partial charge in [0.1, 0.15) is 0 Å². The number of nitrogens with one attached hydrogen (secondary N) is 2. The molecule has 27 heavy (non-hydrogen) atoms. The summed E-state index contributed by atoms with van der Waals surface area (Å²) in [7, 11) is 0. The van der Waals surface area contributed by atoms with Crippen LogP contribution in [0.5, 0.6) is 0 Å². The lowest BCUT2D eigenvalue weighted by molar-refractivity contribution is -0.123. The normalized spacial score (nSPS) is 20.4. The van der Waals surface area contributed by atoms with Crippen LogP contribution < -0.4 is 11.1 Å². The minimum atomic E-state index is -0.217. The topological polar surface area (TPSA) is 91.2 Å². The van der Waals surface area contributed by atoms with E-state index in [2.05, 4.69) is 21.3 Å². The molecule has 0 saturated carbocycles. The highest BCUT2D eigenvalue weighted by Gasteiger charge is 2.23. The number of aryl methyl sites for hydroxylation is 2. The number of aromatic amines is 1. The zero-order valence-electron chi connectivity index (χ0n) is 15.7. The van der Waals surface area contributed by atoms with Gasteiger partial charge in [-0.15, -0.1) is 0 Å². The maximum atomic E-state index is 12.5. The molecule has 4 N–H and O–H groups in total. The first-order valence-corrected chi connectivity index (χ1v) is 10.0. The van der Waals surface area contributed by atoms with E-state index >= 15 is 0 Å². The van der Waals surface area contributed by atoms with Crippen molar-refractivity contribution in [3.8, 4) is 0 Å². The molecule has 1 atom stereocenters. The number of rotatable bonds is 5. The summed E-state index contributed by atoms with van der Waals surface area (Å²) in [6, 6.07) is 5.96. The Morgan fingerprint density at radius 2 is 2.07 bits per heavy atom. The second-order valence-corrected chi connectivity index (χ2v) is 7.85. The van der Waals surface area contributed by atoms with Gasteiger partial charge < -0.3 is 20.9 Å². The SMILES string of the molecule is NC(=O)[C@H]1CCCN(CCNC(=O)c2ccc3c4c([nH]c3c2)CCCC4)C1. The van der Waals surface area contributed by atoms with E-state index in [0.717, 1.165) is 44.3 Å². The van der Waals surface area contributed by atoms with Crippen LogP contribution in [0.25, 0.3) is 10.9 Å². The summed E-state index contributed by atoms with van der Waals surface area (Å²) in [5.74, 6) is -0.325. The number of hydrogen-bond donors (Lipinski definition) is 3. The van der Waals surface area contributed by atoms with Gasteiger partial charge in [0, 0.05) is 41.8 Å². The first-order chi connectivity index (χ1) is 13.1. The molecule has 2 aromatic rings. The van der Waals surface area contributed by atoms with Crippen molar-refractivity contribution in [2.24, 2.45) is 11.7 Å². The van der Waals surface area contributed by atoms with E-state index in [4.69, 9.17) is 5.73 Å². The molecule has 0 unspecified atom stereocenters. The highest BCUT2D eigenvalue weighted by Crippen LogP contribution is 2.29. The molecule has 1 saturated heterocycles. The third kappa shape index (κ3) is 3.86. The van der Waals surface area contributed by atoms with E-state index in [1.807, 2.05) is 12.1 Å². The number of hydrogen-bond acceptors (Lipinski definition) is 3. The number of likely N-dealkylation sites (tertiary alicyclic amines) is 1. The number of piperidine rings is 1. The average molecular weight is 368 g/mol. The van der Waals surface area contributed by atoms with Gasteiger partial charge in [-0.05, 0) is 62.8 Å². The molecule has 2 amide bonds. The summed E-state index contributed by atoms with van der Waals surface area (Å²) in [4.78, 5) is 29.6. The number of carbonyl (C=O) groups is 2. The van der Waals surface area contributed by atoms with Crippen LogP contribution in [-0.4, -0.2) is 47.9 Å². The molecule has 1 aromatic carbocycles. The Morgan fingerprint density at radius 3 is 2.93 bits per heavy atom. The van der Waals surface area contributed by atoms with Crippen molar-refractivity contribution in [2.45, 2.75) is 38.5 Å². The van der Waals surface area contributed by atoms with Gasteiger partial charge >= 0.3 is 0 Å². The lowest BCUT2D eigenvalue weighted by Gasteiger charge is -2.31. The van der Waals surface area contributed by atoms with Crippen LogP contribution in [0.3, 0.4) is 0 Å². The first-order valence-electron chi connectivity index (χ1n) is 10.0. The molecule has 144 valence electrons. The van der Waals surface area contributed by atoms with Crippen LogP contribution >= 0.6 is 0 Å². The number of nitrogens with zero attached hydrogens (tertiary/aromatic N) is 1. The van der Waals surface area contributed by atoms with E-state index in [1.54, 1.807) is 0 Å². The monoisotopic (exact) mass is 368 g/mol. The van der Waals surface area contributed by atoms with E-state index in [9.17, 15) is 9.59 Å². The Kier molecular flexibility index (Phi) is 5.16. The Labute approximate surface area is 159 Å². The number of benzene rings is 1. The van der Waals surface area contributed by atoms with Crippen molar-refractivity contribution < 1.29 is 9.59 Å². The summed E-state index contributed by atoms with van der Waals surface area (Å²) in [5.41, 5.74) is 9.94. The first kappa shape index (κ1) is 18.0. The fraction of sp³-hybridized carbons (Fsp3) is 0.524. The Balaban J connectivity index is 1.35. The third-order valence-corrected chi connectivity index (χ3v) is 5.98. The van der Waals surface area contributed by atoms with Gasteiger partial charge in [-0.3, -0.25) is 9.59 Å². The van der Waals surface area contributed by atoms with Crippen molar-refractivity contribution >= 4 is 22.7 Å². The molecule has 1 fully saturated rings. The van der Waals surface area contributed by atoms with Crippen LogP contribution in [0, 0.1) is 5.92 Å². The summed E-state index contributed by atoms with van der Waals surface area (Å²) >= 11 is 0. The maximum absolute atomic E-state index is 12.5. The molecule has 1 aliphatic carbocycles. The van der Waals surface area contributed by atoms with Crippen molar-refractivity contribution in [1.29, 1.82) is 0 Å². The molecule has 0 spiro atoms. The summed E-state index contributed by atoms with van der Waals surface area (Å²) in [5, 5.41) is 4.26. The van der Waals surface area contributed by atoms with Gasteiger partial charge in [0.05, 0.1) is 5.92 Å². The average Bonchev–Trinajstić information content (AvgIpc) is 3.06. The number of aromatic nitrogens is 1. The van der Waals surface area contributed by atoms with Crippen molar-refractivity contribution in [3.63, 3.8) is 0 Å². The van der Waals surface area contributed by atoms with E-state index in [-0.39, 0.29) is 17.7 Å². The number of primary amides is 1. The van der Waals surface area contributed by atoms with E-state index < -0.39 is 0 Å². The lowest BCUT2D eigenvalue weighted by Crippen LogP contribution is -2.44. The highest BCUT2D eigenvalue weighted by atomic mass is 16.2. The highest BCUT2D eigenvalue weighted by molar-refractivity contribution is 5.98. The molecular formula is C21H28N4O2. The van der Waals surface area contributed by atoms with Crippen LogP contribution in [0.2, 0.25) is 0 Å². The van der Waals surface area contributed by atoms with Crippen LogP contribution in [0.15, 0.2) is 18.2 Å². The van der Waals surface area contributed by atoms with Crippen LogP contribution in [-0.2, 0) is 17.6 Å². The fourth-order valence-corrected chi connectivity index (χ4v) is 4.48. The number of H-pyrrole nitrogens is 1. The summed E-state index contributed by atoms with van der Waals surface area (Å²) in [6.45, 7) is 2.98. The lowest BCUT2D eigenvalue weighted by atomic mass is 9.95. The Morgan fingerprint density at radius 1 is 1.22 bits per heavy atom. The maximum Gasteiger partial charge on any atom is 0.251 e. The third-order valence-electron chi connectivity index (χ3n) is 5.98. The Hall–Kier alpha value is -2.34. The minimum absolute atomic E-state index is 0.0482. The van der Waals surface area contributed by atoms with Crippen LogP contribution in [0.4, 0.5) is 0 Å². The fourth-order valence-electron chi connectivity index (χ4n) is 4.48. The molecule has 2 heterocycles. The van der Waals surface area contributed by atoms with Gasteiger partial charge in [-0.2, -0.15) is 0 Å². The quantitative estimate of drug-likeness (QED) is 0.753. The standard InChI is InChI=1S/C21H28N4O2/c22-20(26)15-4-3-10-25(13-15)11-9-23-21(27)14-7-8-17-16-5-1-2-6-18(16)24-19(17)12-14/h7-8,12,15,24H,1-6,9-11,13H2,(H2,22,26)(H,23,27)/t15-/m0/s1. The van der Waals surface area contributed by atoms with Gasteiger partial charge in [-0.1, -0.05) is 6.07 Å². The second-order valence-electron chi connectivity index (χ2n) is 7.85. The van der Waals surface area contributed by atoms with E-state index in [1.165, 1.54) is 29.5 Å². The van der Waals surface area contributed by atoms with Gasteiger partial charge in [0.2, 0.25) is 5.91 Å². The smallest absolute Gasteiger partial charge is 0.251 e. The zero-order chi connectivity index (χ0) is 18.8. The molecule has 4 rings (SSSR count). The predicted octanol–water partition coefficient (Wildman–Crippen LogP) is 1.97. The molecule has 1 aromatic heterocycles. The molecule has 2 aliphatic rings. The summed E-state index contributed by atoms with van der Waals surface area (Å²) < 4.78 is 0. The minimum Gasteiger partial charge on any atom is -0.369 e. The molecule has 6 nitrogen and oxygen atoms in total. The number of amides is 2. The van der Waals surface area contributed by atoms with Crippen molar-refractivity contribution in [2.75, 3.05) is 26.2 Å².